The van der Waals surface area contributed by atoms with Gasteiger partial charge in [0.1, 0.15) is 6.17 Å². The number of nitrogens with two attached hydrogens (primary N) is 1. The van der Waals surface area contributed by atoms with Gasteiger partial charge in [0, 0.05) is 12.1 Å². The molecule has 1 aromatic carbocycles. The van der Waals surface area contributed by atoms with Crippen LogP contribution in [0.1, 0.15) is 19.8 Å². The van der Waals surface area contributed by atoms with Gasteiger partial charge in [-0.3, -0.25) is 4.79 Å². The summed E-state index contributed by atoms with van der Waals surface area (Å²) in [5, 5.41) is 10.4. The monoisotopic (exact) mass is 387 g/mol. The highest BCUT2D eigenvalue weighted by Gasteiger charge is 2.33. The van der Waals surface area contributed by atoms with E-state index in [1.807, 2.05) is 6.92 Å². The van der Waals surface area contributed by atoms with E-state index in [1.54, 1.807) is 0 Å². The molecule has 0 spiro atoms. The number of anilines is 1. The van der Waals surface area contributed by atoms with Crippen LogP contribution in [0, 0.1) is 0 Å². The number of carbonyl (C=O) groups excluding carboxylic acids is 1. The lowest BCUT2D eigenvalue weighted by molar-refractivity contribution is -0.121. The van der Waals surface area contributed by atoms with E-state index in [0.29, 0.717) is 18.5 Å². The summed E-state index contributed by atoms with van der Waals surface area (Å²) < 4.78 is 20.6. The molecule has 6 nitrogen and oxygen atoms in total. The summed E-state index contributed by atoms with van der Waals surface area (Å²) in [6, 6.07) is 5.52. The number of nitrogens with one attached hydrogen (secondary N) is 2. The zero-order valence-corrected chi connectivity index (χ0v) is 14.7. The molecule has 0 aliphatic carbocycles. The van der Waals surface area contributed by atoms with Crippen molar-refractivity contribution in [1.82, 2.24) is 5.32 Å². The second kappa shape index (κ2) is 7.70. The van der Waals surface area contributed by atoms with Gasteiger partial charge in [0.25, 0.3) is 0 Å². The highest BCUT2D eigenvalue weighted by Crippen LogP contribution is 2.31. The summed E-state index contributed by atoms with van der Waals surface area (Å²) in [5.74, 6) is -0.271. The molecule has 1 unspecified atom stereocenters. The Balaban J connectivity index is 2.88. The van der Waals surface area contributed by atoms with Crippen molar-refractivity contribution >= 4 is 56.4 Å². The Kier molecular flexibility index (Phi) is 6.76. The lowest BCUT2D eigenvalue weighted by Crippen LogP contribution is -2.49. The van der Waals surface area contributed by atoms with Crippen LogP contribution in [0.15, 0.2) is 29.2 Å². The van der Waals surface area contributed by atoms with Gasteiger partial charge in [-0.15, -0.1) is 0 Å². The molecule has 0 aliphatic heterocycles. The number of carbonyl (C=O) groups is 1. The van der Waals surface area contributed by atoms with E-state index in [9.17, 15) is 13.2 Å². The van der Waals surface area contributed by atoms with E-state index in [0.717, 1.165) is 0 Å². The molecule has 0 fully saturated rings. The number of hydrogen-bond donors (Lipinski definition) is 3. The molecule has 0 saturated carbocycles. The molecule has 0 radical (unpaired) electrons. The summed E-state index contributed by atoms with van der Waals surface area (Å²) in [4.78, 5) is 11.6. The Hall–Kier alpha value is -0.730. The van der Waals surface area contributed by atoms with Crippen LogP contribution in [0.5, 0.6) is 0 Å². The highest BCUT2D eigenvalue weighted by molar-refractivity contribution is 7.89. The maximum Gasteiger partial charge on any atom is 0.238 e. The number of benzene rings is 1. The van der Waals surface area contributed by atoms with Crippen molar-refractivity contribution in [3.63, 3.8) is 0 Å². The Bertz CT molecular complexity index is 615. The van der Waals surface area contributed by atoms with E-state index in [2.05, 4.69) is 10.6 Å². The van der Waals surface area contributed by atoms with E-state index in [4.69, 9.17) is 39.9 Å². The van der Waals surface area contributed by atoms with Crippen molar-refractivity contribution < 1.29 is 13.2 Å². The van der Waals surface area contributed by atoms with Crippen molar-refractivity contribution in [3.8, 4) is 0 Å². The number of hydrogen-bond acceptors (Lipinski definition) is 4. The third-order valence-corrected chi connectivity index (χ3v) is 4.19. The van der Waals surface area contributed by atoms with Crippen LogP contribution < -0.4 is 15.8 Å². The molecule has 0 saturated heterocycles. The number of alkyl halides is 3. The van der Waals surface area contributed by atoms with E-state index in [-0.39, 0.29) is 10.8 Å². The summed E-state index contributed by atoms with van der Waals surface area (Å²) in [6.07, 6.45) is -0.0260. The average Bonchev–Trinajstić information content (AvgIpc) is 2.36. The fraction of sp³-hybridized carbons (Fsp3) is 0.417. The quantitative estimate of drug-likeness (QED) is 0.514. The van der Waals surface area contributed by atoms with Crippen molar-refractivity contribution in [1.29, 1.82) is 0 Å². The Morgan fingerprint density at radius 1 is 1.27 bits per heavy atom. The van der Waals surface area contributed by atoms with Crippen molar-refractivity contribution in [3.05, 3.63) is 24.3 Å². The molecule has 1 aromatic rings. The van der Waals surface area contributed by atoms with Gasteiger partial charge in [0.05, 0.1) is 4.90 Å². The van der Waals surface area contributed by atoms with Crippen LogP contribution in [0.25, 0.3) is 0 Å². The summed E-state index contributed by atoms with van der Waals surface area (Å²) in [7, 11) is -3.78. The first kappa shape index (κ1) is 19.3. The van der Waals surface area contributed by atoms with E-state index >= 15 is 0 Å². The molecular formula is C12H16Cl3N3O3S. The van der Waals surface area contributed by atoms with Gasteiger partial charge < -0.3 is 10.6 Å². The SMILES string of the molecule is CCCC(=O)NC(Nc1ccc(S(N)(=O)=O)cc1)C(Cl)(Cl)Cl. The minimum absolute atomic E-state index is 0.0431. The maximum atomic E-state index is 11.7. The summed E-state index contributed by atoms with van der Waals surface area (Å²) in [6.45, 7) is 1.85. The van der Waals surface area contributed by atoms with Gasteiger partial charge in [-0.05, 0) is 30.7 Å². The van der Waals surface area contributed by atoms with Crippen LogP contribution in [-0.4, -0.2) is 24.3 Å². The molecule has 0 aromatic heterocycles. The van der Waals surface area contributed by atoms with Gasteiger partial charge in [-0.2, -0.15) is 0 Å². The van der Waals surface area contributed by atoms with Gasteiger partial charge in [-0.1, -0.05) is 41.7 Å². The smallest absolute Gasteiger partial charge is 0.238 e. The van der Waals surface area contributed by atoms with E-state index < -0.39 is 20.0 Å². The summed E-state index contributed by atoms with van der Waals surface area (Å²) in [5.41, 5.74) is 0.459. The number of halogens is 3. The molecule has 1 atom stereocenters. The zero-order valence-electron chi connectivity index (χ0n) is 11.6. The largest absolute Gasteiger partial charge is 0.362 e. The first-order valence-corrected chi connectivity index (χ1v) is 8.97. The molecule has 10 heteroatoms. The third kappa shape index (κ3) is 6.18. The Labute approximate surface area is 144 Å². The van der Waals surface area contributed by atoms with Crippen LogP contribution in [-0.2, 0) is 14.8 Å². The number of sulfonamides is 1. The predicted molar refractivity (Wildman–Crippen MR) is 88.6 cm³/mol. The van der Waals surface area contributed by atoms with Crippen molar-refractivity contribution in [2.75, 3.05) is 5.32 Å². The average molecular weight is 389 g/mol. The lowest BCUT2D eigenvalue weighted by atomic mass is 10.3. The zero-order chi connectivity index (χ0) is 17.0. The summed E-state index contributed by atoms with van der Waals surface area (Å²) >= 11 is 17.5. The molecule has 4 N–H and O–H groups in total. The first-order valence-electron chi connectivity index (χ1n) is 6.29. The Morgan fingerprint density at radius 3 is 2.23 bits per heavy atom. The van der Waals surface area contributed by atoms with Gasteiger partial charge >= 0.3 is 0 Å². The van der Waals surface area contributed by atoms with Gasteiger partial charge in [0.15, 0.2) is 0 Å². The first-order chi connectivity index (χ1) is 10.0. The minimum Gasteiger partial charge on any atom is -0.362 e. The lowest BCUT2D eigenvalue weighted by Gasteiger charge is -2.27. The molecule has 0 heterocycles. The molecule has 0 aliphatic rings. The number of rotatable bonds is 6. The fourth-order valence-corrected chi connectivity index (χ4v) is 2.41. The van der Waals surface area contributed by atoms with Crippen molar-refractivity contribution in [2.24, 2.45) is 5.14 Å². The maximum absolute atomic E-state index is 11.7. The molecular weight excluding hydrogens is 373 g/mol. The topological polar surface area (TPSA) is 101 Å². The van der Waals surface area contributed by atoms with Crippen molar-refractivity contribution in [2.45, 2.75) is 34.6 Å². The fourth-order valence-electron chi connectivity index (χ4n) is 1.57. The van der Waals surface area contributed by atoms with E-state index in [1.165, 1.54) is 24.3 Å². The number of primary sulfonamides is 1. The Morgan fingerprint density at radius 2 is 1.82 bits per heavy atom. The molecule has 124 valence electrons. The third-order valence-electron chi connectivity index (χ3n) is 2.60. The molecule has 22 heavy (non-hydrogen) atoms. The van der Waals surface area contributed by atoms with Gasteiger partial charge in [-0.25, -0.2) is 13.6 Å². The molecule has 1 amide bonds. The molecule has 1 rings (SSSR count). The normalized spacial score (nSPS) is 13.5. The van der Waals surface area contributed by atoms with Crippen LogP contribution in [0.3, 0.4) is 0 Å². The molecule has 0 bridgehead atoms. The van der Waals surface area contributed by atoms with Crippen LogP contribution >= 0.6 is 34.8 Å². The minimum atomic E-state index is -3.78. The van der Waals surface area contributed by atoms with Crippen LogP contribution in [0.2, 0.25) is 0 Å². The second-order valence-corrected chi connectivity index (χ2v) is 8.44. The van der Waals surface area contributed by atoms with Gasteiger partial charge in [0.2, 0.25) is 19.7 Å². The number of amides is 1. The second-order valence-electron chi connectivity index (χ2n) is 4.51. The predicted octanol–water partition coefficient (Wildman–Crippen LogP) is 2.36. The highest BCUT2D eigenvalue weighted by atomic mass is 35.6. The standard InChI is InChI=1S/C12H16Cl3N3O3S/c1-2-3-10(19)18-11(12(13,14)15)17-8-4-6-9(7-5-8)22(16,20)21/h4-7,11,17H,2-3H2,1H3,(H,18,19)(H2,16,20,21). The van der Waals surface area contributed by atoms with Crippen LogP contribution in [0.4, 0.5) is 5.69 Å².